The van der Waals surface area contributed by atoms with Crippen LogP contribution >= 0.6 is 0 Å². The van der Waals surface area contributed by atoms with Gasteiger partial charge in [0.25, 0.3) is 0 Å². The van der Waals surface area contributed by atoms with Crippen LogP contribution in [0.15, 0.2) is 47.4 Å². The number of likely N-dealkylation sites (tertiary alicyclic amines) is 1. The quantitative estimate of drug-likeness (QED) is 0.540. The molecule has 1 aliphatic rings. The predicted molar refractivity (Wildman–Crippen MR) is 122 cm³/mol. The van der Waals surface area contributed by atoms with Crippen molar-refractivity contribution in [3.63, 3.8) is 0 Å². The average molecular weight is 480 g/mol. The molecule has 0 aliphatic carbocycles. The fraction of sp³-hybridized carbons (Fsp3) is 0.435. The second kappa shape index (κ2) is 11.0. The van der Waals surface area contributed by atoms with E-state index in [2.05, 4.69) is 4.72 Å². The van der Waals surface area contributed by atoms with Crippen molar-refractivity contribution < 1.29 is 27.1 Å². The lowest BCUT2D eigenvalue weighted by Gasteiger charge is -2.26. The molecule has 3 rings (SSSR count). The summed E-state index contributed by atoms with van der Waals surface area (Å²) in [5.41, 5.74) is 6.58. The number of benzene rings is 2. The van der Waals surface area contributed by atoms with E-state index in [9.17, 15) is 17.6 Å². The van der Waals surface area contributed by atoms with Gasteiger partial charge in [-0.3, -0.25) is 4.79 Å². The number of hydrogen-bond acceptors (Lipinski definition) is 6. The van der Waals surface area contributed by atoms with E-state index in [1.54, 1.807) is 23.1 Å². The zero-order chi connectivity index (χ0) is 24.0. The first-order valence-corrected chi connectivity index (χ1v) is 12.2. The second-order valence-corrected chi connectivity index (χ2v) is 9.78. The Bertz CT molecular complexity index is 1080. The predicted octanol–water partition coefficient (Wildman–Crippen LogP) is 2.07. The Hall–Kier alpha value is -2.69. The van der Waals surface area contributed by atoms with Crippen LogP contribution in [0.5, 0.6) is 11.5 Å². The van der Waals surface area contributed by atoms with Gasteiger partial charge in [0.05, 0.1) is 19.1 Å². The maximum absolute atomic E-state index is 13.9. The lowest BCUT2D eigenvalue weighted by molar-refractivity contribution is -0.132. The largest absolute Gasteiger partial charge is 0.493 e. The maximum atomic E-state index is 13.9. The molecule has 2 aromatic rings. The van der Waals surface area contributed by atoms with Gasteiger partial charge in [-0.05, 0) is 43.0 Å². The summed E-state index contributed by atoms with van der Waals surface area (Å²) in [5.74, 6) is 0.230. The first kappa shape index (κ1) is 24.9. The van der Waals surface area contributed by atoms with Crippen LogP contribution in [0.3, 0.4) is 0 Å². The monoisotopic (exact) mass is 479 g/mol. The Balaban J connectivity index is 1.59. The Labute approximate surface area is 193 Å². The summed E-state index contributed by atoms with van der Waals surface area (Å²) in [6.45, 7) is 0.624. The Kier molecular flexibility index (Phi) is 8.28. The van der Waals surface area contributed by atoms with E-state index in [-0.39, 0.29) is 42.0 Å². The molecule has 33 heavy (non-hydrogen) atoms. The Morgan fingerprint density at radius 2 is 1.94 bits per heavy atom. The summed E-state index contributed by atoms with van der Waals surface area (Å²) in [6, 6.07) is 9.90. The van der Waals surface area contributed by atoms with Crippen LogP contribution in [-0.4, -0.2) is 58.6 Å². The number of hydrogen-bond donors (Lipinski definition) is 2. The molecule has 1 fully saturated rings. The third kappa shape index (κ3) is 6.21. The highest BCUT2D eigenvalue weighted by atomic mass is 32.2. The van der Waals surface area contributed by atoms with Crippen molar-refractivity contribution in [1.82, 2.24) is 9.62 Å². The number of carbonyl (C=O) groups excluding carboxylic acids is 1. The molecule has 10 heteroatoms. The molecule has 0 aromatic heterocycles. The molecule has 1 saturated heterocycles. The van der Waals surface area contributed by atoms with E-state index in [0.717, 1.165) is 6.42 Å². The van der Waals surface area contributed by atoms with Gasteiger partial charge in [0.2, 0.25) is 15.9 Å². The molecule has 8 nitrogen and oxygen atoms in total. The van der Waals surface area contributed by atoms with Gasteiger partial charge in [-0.1, -0.05) is 18.2 Å². The average Bonchev–Trinajstić information content (AvgIpc) is 3.27. The summed E-state index contributed by atoms with van der Waals surface area (Å²) < 4.78 is 52.3. The molecular formula is C23H30FN3O5S. The molecule has 0 radical (unpaired) electrons. The molecule has 0 spiro atoms. The van der Waals surface area contributed by atoms with Crippen molar-refractivity contribution in [2.75, 3.05) is 27.3 Å². The molecule has 1 heterocycles. The van der Waals surface area contributed by atoms with Gasteiger partial charge < -0.3 is 20.1 Å². The van der Waals surface area contributed by atoms with E-state index in [4.69, 9.17) is 15.2 Å². The Morgan fingerprint density at radius 1 is 1.21 bits per heavy atom. The van der Waals surface area contributed by atoms with Crippen LogP contribution in [-0.2, 0) is 21.2 Å². The van der Waals surface area contributed by atoms with Crippen LogP contribution in [0, 0.1) is 5.82 Å². The molecule has 1 amide bonds. The minimum absolute atomic E-state index is 0.0444. The van der Waals surface area contributed by atoms with E-state index in [1.807, 2.05) is 0 Å². The van der Waals surface area contributed by atoms with Crippen LogP contribution < -0.4 is 19.9 Å². The van der Waals surface area contributed by atoms with Gasteiger partial charge in [0.1, 0.15) is 5.82 Å². The number of sulfonamides is 1. The van der Waals surface area contributed by atoms with Gasteiger partial charge in [-0.2, -0.15) is 0 Å². The maximum Gasteiger partial charge on any atom is 0.240 e. The topological polar surface area (TPSA) is 111 Å². The molecule has 180 valence electrons. The van der Waals surface area contributed by atoms with E-state index in [0.29, 0.717) is 30.0 Å². The minimum Gasteiger partial charge on any atom is -0.493 e. The number of halogens is 1. The number of rotatable bonds is 10. The standard InChI is InChI=1S/C23H30FN3O5S/c1-31-21-10-9-19(14-22(21)32-2)33(29,30)26-15-18-7-5-11-27(18)23(28)13-17(25)12-16-6-3-4-8-20(16)24/h3-4,6,8-10,14,17-18,26H,5,7,11-13,15,25H2,1-2H3/t17-,18+/m1/s1. The van der Waals surface area contributed by atoms with Gasteiger partial charge >= 0.3 is 0 Å². The van der Waals surface area contributed by atoms with E-state index >= 15 is 0 Å². The number of methoxy groups -OCH3 is 2. The summed E-state index contributed by atoms with van der Waals surface area (Å²) in [4.78, 5) is 14.5. The van der Waals surface area contributed by atoms with Gasteiger partial charge in [-0.25, -0.2) is 17.5 Å². The molecule has 2 atom stereocenters. The molecule has 0 saturated carbocycles. The van der Waals surface area contributed by atoms with Gasteiger partial charge in [0.15, 0.2) is 11.5 Å². The van der Waals surface area contributed by atoms with Crippen molar-refractivity contribution in [3.8, 4) is 11.5 Å². The van der Waals surface area contributed by atoms with E-state index < -0.39 is 16.1 Å². The van der Waals surface area contributed by atoms with Crippen molar-refractivity contribution in [3.05, 3.63) is 53.8 Å². The molecule has 0 unspecified atom stereocenters. The lowest BCUT2D eigenvalue weighted by Crippen LogP contribution is -2.44. The van der Waals surface area contributed by atoms with Crippen LogP contribution in [0.4, 0.5) is 4.39 Å². The smallest absolute Gasteiger partial charge is 0.240 e. The molecule has 2 aromatic carbocycles. The number of nitrogens with two attached hydrogens (primary N) is 1. The molecular weight excluding hydrogens is 449 g/mol. The van der Waals surface area contributed by atoms with Crippen molar-refractivity contribution in [1.29, 1.82) is 0 Å². The second-order valence-electron chi connectivity index (χ2n) is 8.01. The SMILES string of the molecule is COc1ccc(S(=O)(=O)NC[C@@H]2CCCN2C(=O)C[C@H](N)Cc2ccccc2F)cc1OC. The number of nitrogens with zero attached hydrogens (tertiary/aromatic N) is 1. The number of nitrogens with one attached hydrogen (secondary N) is 1. The molecule has 0 bridgehead atoms. The van der Waals surface area contributed by atoms with Crippen LogP contribution in [0.2, 0.25) is 0 Å². The fourth-order valence-corrected chi connectivity index (χ4v) is 5.10. The van der Waals surface area contributed by atoms with Crippen molar-refractivity contribution in [2.45, 2.75) is 42.7 Å². The summed E-state index contributed by atoms with van der Waals surface area (Å²) in [6.07, 6.45) is 1.77. The normalized spacial score (nSPS) is 17.1. The highest BCUT2D eigenvalue weighted by Crippen LogP contribution is 2.29. The lowest BCUT2D eigenvalue weighted by atomic mass is 10.0. The third-order valence-corrected chi connectivity index (χ3v) is 7.17. The molecule has 1 aliphatic heterocycles. The van der Waals surface area contributed by atoms with Crippen molar-refractivity contribution in [2.24, 2.45) is 5.73 Å². The van der Waals surface area contributed by atoms with Crippen LogP contribution in [0.25, 0.3) is 0 Å². The zero-order valence-corrected chi connectivity index (χ0v) is 19.6. The third-order valence-electron chi connectivity index (χ3n) is 5.75. The highest BCUT2D eigenvalue weighted by Gasteiger charge is 2.31. The van der Waals surface area contributed by atoms with E-state index in [1.165, 1.54) is 38.5 Å². The fourth-order valence-electron chi connectivity index (χ4n) is 4.01. The highest BCUT2D eigenvalue weighted by molar-refractivity contribution is 7.89. The number of carbonyl (C=O) groups is 1. The number of amides is 1. The minimum atomic E-state index is -3.81. The number of ether oxygens (including phenoxy) is 2. The zero-order valence-electron chi connectivity index (χ0n) is 18.8. The summed E-state index contributed by atoms with van der Waals surface area (Å²) in [5, 5.41) is 0. The molecule has 3 N–H and O–H groups in total. The summed E-state index contributed by atoms with van der Waals surface area (Å²) in [7, 11) is -0.911. The first-order valence-electron chi connectivity index (χ1n) is 10.7. The van der Waals surface area contributed by atoms with Gasteiger partial charge in [-0.15, -0.1) is 0 Å². The van der Waals surface area contributed by atoms with Gasteiger partial charge in [0, 0.05) is 37.7 Å². The van der Waals surface area contributed by atoms with Crippen molar-refractivity contribution >= 4 is 15.9 Å². The summed E-state index contributed by atoms with van der Waals surface area (Å²) >= 11 is 0. The van der Waals surface area contributed by atoms with Crippen LogP contribution in [0.1, 0.15) is 24.8 Å². The first-order chi connectivity index (χ1) is 15.7. The Morgan fingerprint density at radius 3 is 2.64 bits per heavy atom.